The van der Waals surface area contributed by atoms with Crippen LogP contribution in [-0.4, -0.2) is 63.8 Å². The summed E-state index contributed by atoms with van der Waals surface area (Å²) in [6.07, 6.45) is 1.60. The Bertz CT molecular complexity index is 1330. The molecule has 1 aliphatic heterocycles. The summed E-state index contributed by atoms with van der Waals surface area (Å²) < 4.78 is 7.13. The monoisotopic (exact) mass is 470 g/mol. The van der Waals surface area contributed by atoms with Crippen LogP contribution in [0.2, 0.25) is 0 Å². The van der Waals surface area contributed by atoms with Crippen LogP contribution in [-0.2, 0) is 6.42 Å². The van der Waals surface area contributed by atoms with E-state index in [1.807, 2.05) is 71.1 Å². The zero-order valence-corrected chi connectivity index (χ0v) is 20.4. The van der Waals surface area contributed by atoms with Crippen molar-refractivity contribution in [1.29, 1.82) is 0 Å². The highest BCUT2D eigenvalue weighted by Gasteiger charge is 2.25. The minimum Gasteiger partial charge on any atom is -0.497 e. The van der Waals surface area contributed by atoms with Crippen molar-refractivity contribution in [3.8, 4) is 11.4 Å². The SMILES string of the molecule is CCc1nc(N2CCCN(C(=O)c3ccc(OC)cc3)CC2)c2c(C)nn(-c3ccccc3)c2n1. The number of nitrogens with zero attached hydrogens (tertiary/aromatic N) is 6. The highest BCUT2D eigenvalue weighted by molar-refractivity contribution is 5.94. The fraction of sp³-hybridized carbons (Fsp3) is 0.333. The highest BCUT2D eigenvalue weighted by Crippen LogP contribution is 2.30. The fourth-order valence-electron chi connectivity index (χ4n) is 4.59. The Labute approximate surface area is 205 Å². The standard InChI is InChI=1S/C27H30N6O2/c1-4-23-28-25(24-19(2)30-33(26(24)29-23)21-9-6-5-7-10-21)31-15-8-16-32(18-17-31)27(34)20-11-13-22(35-3)14-12-20/h5-7,9-14H,4,8,15-18H2,1-3H3. The van der Waals surface area contributed by atoms with Crippen LogP contribution in [0.25, 0.3) is 16.7 Å². The van der Waals surface area contributed by atoms with E-state index >= 15 is 0 Å². The largest absolute Gasteiger partial charge is 0.497 e. The molecule has 0 saturated carbocycles. The maximum atomic E-state index is 13.2. The van der Waals surface area contributed by atoms with Gasteiger partial charge in [-0.1, -0.05) is 25.1 Å². The Kier molecular flexibility index (Phi) is 6.35. The number of carbonyl (C=O) groups is 1. The minimum atomic E-state index is 0.0460. The van der Waals surface area contributed by atoms with Crippen LogP contribution < -0.4 is 9.64 Å². The van der Waals surface area contributed by atoms with Crippen molar-refractivity contribution in [1.82, 2.24) is 24.6 Å². The maximum Gasteiger partial charge on any atom is 0.253 e. The number of aromatic nitrogens is 4. The zero-order chi connectivity index (χ0) is 24.4. The van der Waals surface area contributed by atoms with E-state index in [0.717, 1.165) is 59.2 Å². The van der Waals surface area contributed by atoms with Crippen LogP contribution >= 0.6 is 0 Å². The van der Waals surface area contributed by atoms with Gasteiger partial charge in [0.05, 0.1) is 23.9 Å². The van der Waals surface area contributed by atoms with E-state index in [2.05, 4.69) is 11.8 Å². The van der Waals surface area contributed by atoms with E-state index in [0.29, 0.717) is 25.2 Å². The number of hydrogen-bond donors (Lipinski definition) is 0. The molecule has 1 aliphatic rings. The summed E-state index contributed by atoms with van der Waals surface area (Å²) in [5.41, 5.74) is 3.38. The lowest BCUT2D eigenvalue weighted by molar-refractivity contribution is 0.0767. The molecule has 5 rings (SSSR count). The van der Waals surface area contributed by atoms with Crippen molar-refractivity contribution < 1.29 is 9.53 Å². The molecule has 8 heteroatoms. The molecular weight excluding hydrogens is 440 g/mol. The third kappa shape index (κ3) is 4.43. The Hall–Kier alpha value is -3.94. The predicted molar refractivity (Wildman–Crippen MR) is 137 cm³/mol. The number of ether oxygens (including phenoxy) is 1. The fourth-order valence-corrected chi connectivity index (χ4v) is 4.59. The molecule has 0 unspecified atom stereocenters. The number of fused-ring (bicyclic) bond motifs is 1. The molecule has 0 aliphatic carbocycles. The third-order valence-corrected chi connectivity index (χ3v) is 6.47. The van der Waals surface area contributed by atoms with E-state index in [1.165, 1.54) is 0 Å². The van der Waals surface area contributed by atoms with Gasteiger partial charge in [0.2, 0.25) is 0 Å². The number of aryl methyl sites for hydroxylation is 2. The molecule has 1 saturated heterocycles. The molecule has 2 aromatic heterocycles. The molecule has 0 atom stereocenters. The van der Waals surface area contributed by atoms with Gasteiger partial charge in [0, 0.05) is 38.2 Å². The summed E-state index contributed by atoms with van der Waals surface area (Å²) in [6, 6.07) is 17.4. The van der Waals surface area contributed by atoms with E-state index in [4.69, 9.17) is 19.8 Å². The first-order valence-electron chi connectivity index (χ1n) is 12.1. The van der Waals surface area contributed by atoms with Gasteiger partial charge in [-0.15, -0.1) is 0 Å². The second-order valence-electron chi connectivity index (χ2n) is 8.71. The zero-order valence-electron chi connectivity index (χ0n) is 20.4. The summed E-state index contributed by atoms with van der Waals surface area (Å²) in [5.74, 6) is 2.49. The maximum absolute atomic E-state index is 13.2. The van der Waals surface area contributed by atoms with Crippen LogP contribution in [0.3, 0.4) is 0 Å². The molecule has 0 radical (unpaired) electrons. The average Bonchev–Trinajstić information content (AvgIpc) is 3.07. The van der Waals surface area contributed by atoms with Crippen molar-refractivity contribution in [3.63, 3.8) is 0 Å². The molecular formula is C27H30N6O2. The van der Waals surface area contributed by atoms with Crippen molar-refractivity contribution in [2.75, 3.05) is 38.2 Å². The molecule has 4 aromatic rings. The number of anilines is 1. The smallest absolute Gasteiger partial charge is 0.253 e. The molecule has 0 spiro atoms. The Morgan fingerprint density at radius 1 is 0.971 bits per heavy atom. The quantitative estimate of drug-likeness (QED) is 0.438. The molecule has 0 N–H and O–H groups in total. The molecule has 1 fully saturated rings. The molecule has 1 amide bonds. The van der Waals surface area contributed by atoms with E-state index in [9.17, 15) is 4.79 Å². The minimum absolute atomic E-state index is 0.0460. The number of methoxy groups -OCH3 is 1. The van der Waals surface area contributed by atoms with Gasteiger partial charge in [0.25, 0.3) is 5.91 Å². The van der Waals surface area contributed by atoms with E-state index in [1.54, 1.807) is 7.11 Å². The average molecular weight is 471 g/mol. The van der Waals surface area contributed by atoms with Crippen molar-refractivity contribution >= 4 is 22.8 Å². The van der Waals surface area contributed by atoms with Gasteiger partial charge in [-0.2, -0.15) is 5.10 Å². The Morgan fingerprint density at radius 2 is 1.74 bits per heavy atom. The summed E-state index contributed by atoms with van der Waals surface area (Å²) in [6.45, 7) is 6.93. The van der Waals surface area contributed by atoms with Crippen LogP contribution in [0.1, 0.15) is 35.2 Å². The summed E-state index contributed by atoms with van der Waals surface area (Å²) in [4.78, 5) is 27.2. The van der Waals surface area contributed by atoms with Gasteiger partial charge < -0.3 is 14.5 Å². The lowest BCUT2D eigenvalue weighted by Gasteiger charge is -2.24. The van der Waals surface area contributed by atoms with Crippen LogP contribution in [0.15, 0.2) is 54.6 Å². The normalized spacial score (nSPS) is 14.3. The first kappa shape index (κ1) is 22.8. The third-order valence-electron chi connectivity index (χ3n) is 6.47. The lowest BCUT2D eigenvalue weighted by Crippen LogP contribution is -2.35. The Morgan fingerprint density at radius 3 is 2.46 bits per heavy atom. The molecule has 2 aromatic carbocycles. The van der Waals surface area contributed by atoms with Crippen molar-refractivity contribution in [2.24, 2.45) is 0 Å². The van der Waals surface area contributed by atoms with Gasteiger partial charge >= 0.3 is 0 Å². The van der Waals surface area contributed by atoms with Gasteiger partial charge in [-0.25, -0.2) is 14.6 Å². The number of benzene rings is 2. The highest BCUT2D eigenvalue weighted by atomic mass is 16.5. The molecule has 0 bridgehead atoms. The Balaban J connectivity index is 1.45. The van der Waals surface area contributed by atoms with E-state index in [-0.39, 0.29) is 5.91 Å². The van der Waals surface area contributed by atoms with Crippen molar-refractivity contribution in [2.45, 2.75) is 26.7 Å². The molecule has 3 heterocycles. The summed E-state index contributed by atoms with van der Waals surface area (Å²) in [5, 5.41) is 5.80. The van der Waals surface area contributed by atoms with Gasteiger partial charge in [-0.3, -0.25) is 4.79 Å². The number of hydrogen-bond acceptors (Lipinski definition) is 6. The number of para-hydroxylation sites is 1. The number of rotatable bonds is 5. The predicted octanol–water partition coefficient (Wildman–Crippen LogP) is 4.05. The van der Waals surface area contributed by atoms with Gasteiger partial charge in [0.1, 0.15) is 17.4 Å². The van der Waals surface area contributed by atoms with Crippen LogP contribution in [0.5, 0.6) is 5.75 Å². The summed E-state index contributed by atoms with van der Waals surface area (Å²) >= 11 is 0. The van der Waals surface area contributed by atoms with Gasteiger partial charge in [0.15, 0.2) is 5.65 Å². The topological polar surface area (TPSA) is 76.4 Å². The second-order valence-corrected chi connectivity index (χ2v) is 8.71. The van der Waals surface area contributed by atoms with Crippen molar-refractivity contribution in [3.05, 3.63) is 71.7 Å². The van der Waals surface area contributed by atoms with Gasteiger partial charge in [-0.05, 0) is 49.7 Å². The lowest BCUT2D eigenvalue weighted by atomic mass is 10.2. The number of amides is 1. The molecule has 8 nitrogen and oxygen atoms in total. The van der Waals surface area contributed by atoms with Crippen LogP contribution in [0, 0.1) is 6.92 Å². The first-order valence-corrected chi connectivity index (χ1v) is 12.1. The summed E-state index contributed by atoms with van der Waals surface area (Å²) in [7, 11) is 1.62. The molecule has 180 valence electrons. The first-order chi connectivity index (χ1) is 17.1. The molecule has 35 heavy (non-hydrogen) atoms. The second kappa shape index (κ2) is 9.74. The number of carbonyl (C=O) groups excluding carboxylic acids is 1. The van der Waals surface area contributed by atoms with Crippen LogP contribution in [0.4, 0.5) is 5.82 Å². The van der Waals surface area contributed by atoms with E-state index < -0.39 is 0 Å².